The molecule has 0 aromatic carbocycles. The third-order valence-electron chi connectivity index (χ3n) is 5.03. The molecule has 24 heavy (non-hydrogen) atoms. The van der Waals surface area contributed by atoms with Gasteiger partial charge in [-0.2, -0.15) is 0 Å². The van der Waals surface area contributed by atoms with Crippen molar-refractivity contribution in [2.45, 2.75) is 77.6 Å². The van der Waals surface area contributed by atoms with Gasteiger partial charge in [0.25, 0.3) is 0 Å². The predicted octanol–water partition coefficient (Wildman–Crippen LogP) is 2.73. The van der Waals surface area contributed by atoms with Crippen molar-refractivity contribution in [2.75, 3.05) is 19.6 Å². The topological polar surface area (TPSA) is 84.2 Å². The quantitative estimate of drug-likeness (QED) is 0.478. The Labute approximate surface area is 147 Å². The molecule has 0 aromatic heterocycles. The number of carbonyl (C=O) groups excluding carboxylic acids is 2. The summed E-state index contributed by atoms with van der Waals surface area (Å²) in [6.45, 7) is 4.44. The van der Waals surface area contributed by atoms with Crippen LogP contribution in [0.25, 0.3) is 0 Å². The van der Waals surface area contributed by atoms with E-state index in [9.17, 15) is 9.59 Å². The molecule has 0 unspecified atom stereocenters. The average molecular weight is 340 g/mol. The summed E-state index contributed by atoms with van der Waals surface area (Å²) in [6.07, 6.45) is 11.0. The van der Waals surface area contributed by atoms with E-state index in [1.165, 1.54) is 12.8 Å². The van der Waals surface area contributed by atoms with E-state index in [4.69, 9.17) is 5.73 Å². The molecule has 5 heteroatoms. The first-order valence-electron chi connectivity index (χ1n) is 9.91. The molecule has 1 aliphatic rings. The van der Waals surface area contributed by atoms with Crippen molar-refractivity contribution in [2.24, 2.45) is 17.6 Å². The van der Waals surface area contributed by atoms with Crippen molar-refractivity contribution in [3.63, 3.8) is 0 Å². The number of nitrogens with two attached hydrogens (primary N) is 1. The summed E-state index contributed by atoms with van der Waals surface area (Å²) in [6, 6.07) is 0. The molecule has 0 bridgehead atoms. The van der Waals surface area contributed by atoms with Crippen molar-refractivity contribution in [1.29, 1.82) is 0 Å². The fourth-order valence-electron chi connectivity index (χ4n) is 3.29. The molecule has 1 saturated carbocycles. The molecule has 0 heterocycles. The van der Waals surface area contributed by atoms with Crippen LogP contribution in [0.1, 0.15) is 77.6 Å². The van der Waals surface area contributed by atoms with Gasteiger partial charge in [-0.15, -0.1) is 0 Å². The van der Waals surface area contributed by atoms with E-state index < -0.39 is 0 Å². The first-order chi connectivity index (χ1) is 11.7. The van der Waals surface area contributed by atoms with Gasteiger partial charge in [-0.25, -0.2) is 0 Å². The summed E-state index contributed by atoms with van der Waals surface area (Å²) >= 11 is 0. The van der Waals surface area contributed by atoms with Gasteiger partial charge < -0.3 is 16.4 Å². The van der Waals surface area contributed by atoms with Gasteiger partial charge in [-0.05, 0) is 57.4 Å². The molecule has 0 saturated heterocycles. The van der Waals surface area contributed by atoms with Crippen LogP contribution in [0, 0.1) is 11.8 Å². The second-order valence-electron chi connectivity index (χ2n) is 7.11. The lowest BCUT2D eigenvalue weighted by atomic mass is 9.81. The SMILES string of the molecule is CCCCCNC(=O)CCCCCNC(=O)C1CCC(CN)CC1. The highest BCUT2D eigenvalue weighted by atomic mass is 16.2. The molecule has 1 aliphatic carbocycles. The molecule has 0 aliphatic heterocycles. The van der Waals surface area contributed by atoms with Crippen LogP contribution in [0.15, 0.2) is 0 Å². The van der Waals surface area contributed by atoms with Crippen molar-refractivity contribution in [3.05, 3.63) is 0 Å². The Morgan fingerprint density at radius 3 is 2.25 bits per heavy atom. The van der Waals surface area contributed by atoms with Crippen molar-refractivity contribution < 1.29 is 9.59 Å². The lowest BCUT2D eigenvalue weighted by molar-refractivity contribution is -0.126. The highest BCUT2D eigenvalue weighted by Crippen LogP contribution is 2.28. The largest absolute Gasteiger partial charge is 0.356 e. The fraction of sp³-hybridized carbons (Fsp3) is 0.895. The van der Waals surface area contributed by atoms with E-state index in [0.29, 0.717) is 12.3 Å². The van der Waals surface area contributed by atoms with Crippen LogP contribution in [-0.4, -0.2) is 31.4 Å². The van der Waals surface area contributed by atoms with Crippen molar-refractivity contribution in [3.8, 4) is 0 Å². The maximum absolute atomic E-state index is 12.1. The Hall–Kier alpha value is -1.10. The van der Waals surface area contributed by atoms with Crippen LogP contribution in [-0.2, 0) is 9.59 Å². The molecule has 1 rings (SSSR count). The molecule has 1 fully saturated rings. The van der Waals surface area contributed by atoms with E-state index in [1.54, 1.807) is 0 Å². The lowest BCUT2D eigenvalue weighted by Crippen LogP contribution is -2.34. The third kappa shape index (κ3) is 9.26. The molecule has 5 nitrogen and oxygen atoms in total. The first kappa shape index (κ1) is 20.9. The summed E-state index contributed by atoms with van der Waals surface area (Å²) < 4.78 is 0. The Morgan fingerprint density at radius 2 is 1.58 bits per heavy atom. The number of hydrogen-bond acceptors (Lipinski definition) is 3. The maximum atomic E-state index is 12.1. The van der Waals surface area contributed by atoms with E-state index in [0.717, 1.165) is 71.0 Å². The normalized spacial score (nSPS) is 20.6. The van der Waals surface area contributed by atoms with Crippen molar-refractivity contribution in [1.82, 2.24) is 10.6 Å². The Balaban J connectivity index is 1.94. The fourth-order valence-corrected chi connectivity index (χ4v) is 3.29. The summed E-state index contributed by atoms with van der Waals surface area (Å²) in [5, 5.41) is 6.01. The van der Waals surface area contributed by atoms with E-state index in [-0.39, 0.29) is 17.7 Å². The van der Waals surface area contributed by atoms with E-state index in [1.807, 2.05) is 0 Å². The number of amides is 2. The standard InChI is InChI=1S/C19H37N3O2/c1-2-3-6-13-21-18(23)8-5-4-7-14-22-19(24)17-11-9-16(15-20)10-12-17/h16-17H,2-15,20H2,1H3,(H,21,23)(H,22,24). The first-order valence-corrected chi connectivity index (χ1v) is 9.91. The number of unbranched alkanes of at least 4 members (excludes halogenated alkanes) is 4. The molecule has 2 amide bonds. The molecule has 4 N–H and O–H groups in total. The number of rotatable bonds is 12. The predicted molar refractivity (Wildman–Crippen MR) is 98.5 cm³/mol. The van der Waals surface area contributed by atoms with Crippen LogP contribution in [0.2, 0.25) is 0 Å². The van der Waals surface area contributed by atoms with Crippen LogP contribution in [0.4, 0.5) is 0 Å². The minimum atomic E-state index is 0.159. The molecule has 0 radical (unpaired) electrons. The molecule has 0 spiro atoms. The zero-order valence-electron chi connectivity index (χ0n) is 15.4. The van der Waals surface area contributed by atoms with Crippen molar-refractivity contribution >= 4 is 11.8 Å². The Bertz CT molecular complexity index is 353. The zero-order chi connectivity index (χ0) is 17.6. The molecular formula is C19H37N3O2. The summed E-state index contributed by atoms with van der Waals surface area (Å²) in [5.41, 5.74) is 5.68. The number of nitrogens with one attached hydrogen (secondary N) is 2. The summed E-state index contributed by atoms with van der Waals surface area (Å²) in [4.78, 5) is 23.7. The number of hydrogen-bond donors (Lipinski definition) is 3. The van der Waals surface area contributed by atoms with Crippen LogP contribution in [0.3, 0.4) is 0 Å². The van der Waals surface area contributed by atoms with Gasteiger partial charge in [0.15, 0.2) is 0 Å². The van der Waals surface area contributed by atoms with E-state index >= 15 is 0 Å². The van der Waals surface area contributed by atoms with Gasteiger partial charge in [0.1, 0.15) is 0 Å². The summed E-state index contributed by atoms with van der Waals surface area (Å²) in [5.74, 6) is 1.16. The minimum absolute atomic E-state index is 0.159. The third-order valence-corrected chi connectivity index (χ3v) is 5.03. The lowest BCUT2D eigenvalue weighted by Gasteiger charge is -2.26. The van der Waals surface area contributed by atoms with Crippen LogP contribution < -0.4 is 16.4 Å². The van der Waals surface area contributed by atoms with Gasteiger partial charge in [0, 0.05) is 25.4 Å². The number of carbonyl (C=O) groups is 2. The maximum Gasteiger partial charge on any atom is 0.223 e. The second kappa shape index (κ2) is 13.2. The summed E-state index contributed by atoms with van der Waals surface area (Å²) in [7, 11) is 0. The zero-order valence-corrected chi connectivity index (χ0v) is 15.4. The van der Waals surface area contributed by atoms with Crippen LogP contribution >= 0.6 is 0 Å². The Kier molecular flexibility index (Phi) is 11.5. The van der Waals surface area contributed by atoms with Crippen LogP contribution in [0.5, 0.6) is 0 Å². The second-order valence-corrected chi connectivity index (χ2v) is 7.11. The molecule has 140 valence electrons. The van der Waals surface area contributed by atoms with Gasteiger partial charge in [0.05, 0.1) is 0 Å². The van der Waals surface area contributed by atoms with E-state index in [2.05, 4.69) is 17.6 Å². The van der Waals surface area contributed by atoms with Gasteiger partial charge in [0.2, 0.25) is 11.8 Å². The smallest absolute Gasteiger partial charge is 0.223 e. The molecular weight excluding hydrogens is 302 g/mol. The molecule has 0 atom stereocenters. The average Bonchev–Trinajstić information content (AvgIpc) is 2.61. The monoisotopic (exact) mass is 339 g/mol. The molecule has 0 aromatic rings. The minimum Gasteiger partial charge on any atom is -0.356 e. The highest BCUT2D eigenvalue weighted by molar-refractivity contribution is 5.78. The van der Waals surface area contributed by atoms with Gasteiger partial charge in [-0.1, -0.05) is 26.2 Å². The highest BCUT2D eigenvalue weighted by Gasteiger charge is 2.25. The van der Waals surface area contributed by atoms with Gasteiger partial charge >= 0.3 is 0 Å². The Morgan fingerprint density at radius 1 is 0.917 bits per heavy atom. The van der Waals surface area contributed by atoms with Gasteiger partial charge in [-0.3, -0.25) is 9.59 Å².